The highest BCUT2D eigenvalue weighted by molar-refractivity contribution is 7.91. The van der Waals surface area contributed by atoms with Crippen molar-refractivity contribution in [1.29, 1.82) is 0 Å². The SMILES string of the molecule is CCCCCCCC1OC=NC1S(=O)(=O)Cc1ccccc1. The fourth-order valence-corrected chi connectivity index (χ4v) is 4.44. The molecule has 2 unspecified atom stereocenters. The fourth-order valence-electron chi connectivity index (χ4n) is 2.71. The average molecular weight is 323 g/mol. The first-order chi connectivity index (χ1) is 10.6. The molecule has 1 heterocycles. The quantitative estimate of drug-likeness (QED) is 0.651. The minimum Gasteiger partial charge on any atom is -0.477 e. The van der Waals surface area contributed by atoms with E-state index in [0.717, 1.165) is 24.8 Å². The number of hydrogen-bond donors (Lipinski definition) is 0. The zero-order chi connectivity index (χ0) is 15.8. The molecule has 0 fully saturated rings. The first-order valence-electron chi connectivity index (χ1n) is 8.06. The van der Waals surface area contributed by atoms with Gasteiger partial charge in [-0.3, -0.25) is 0 Å². The standard InChI is InChI=1S/C17H25NO3S/c1-2-3-4-5-9-12-16-17(18-14-21-16)22(19,20)13-15-10-7-6-8-11-15/h6-8,10-11,14,16-17H,2-5,9,12-13H2,1H3. The molecule has 0 radical (unpaired) electrons. The van der Waals surface area contributed by atoms with Crippen molar-refractivity contribution in [3.8, 4) is 0 Å². The Morgan fingerprint density at radius 2 is 1.82 bits per heavy atom. The van der Waals surface area contributed by atoms with Crippen LogP contribution in [0.5, 0.6) is 0 Å². The molecule has 0 amide bonds. The molecule has 1 aromatic carbocycles. The Hall–Kier alpha value is -1.36. The van der Waals surface area contributed by atoms with Crippen molar-refractivity contribution < 1.29 is 13.2 Å². The number of hydrogen-bond acceptors (Lipinski definition) is 4. The van der Waals surface area contributed by atoms with Crippen LogP contribution in [0.3, 0.4) is 0 Å². The van der Waals surface area contributed by atoms with Crippen molar-refractivity contribution in [2.24, 2.45) is 4.99 Å². The third-order valence-electron chi connectivity index (χ3n) is 3.93. The first-order valence-corrected chi connectivity index (χ1v) is 9.77. The van der Waals surface area contributed by atoms with Gasteiger partial charge in [-0.1, -0.05) is 62.9 Å². The van der Waals surface area contributed by atoms with Crippen molar-refractivity contribution in [2.45, 2.75) is 62.7 Å². The summed E-state index contributed by atoms with van der Waals surface area (Å²) in [5.74, 6) is 0.0194. The highest BCUT2D eigenvalue weighted by Gasteiger charge is 2.36. The maximum Gasteiger partial charge on any atom is 0.191 e. The average Bonchev–Trinajstić information content (AvgIpc) is 2.97. The molecular formula is C17H25NO3S. The summed E-state index contributed by atoms with van der Waals surface area (Å²) >= 11 is 0. The second-order valence-electron chi connectivity index (χ2n) is 5.82. The second kappa shape index (κ2) is 8.32. The minimum absolute atomic E-state index is 0.0194. The number of benzene rings is 1. The largest absolute Gasteiger partial charge is 0.477 e. The predicted octanol–water partition coefficient (Wildman–Crippen LogP) is 3.72. The summed E-state index contributed by atoms with van der Waals surface area (Å²) in [6.07, 6.45) is 7.49. The zero-order valence-electron chi connectivity index (χ0n) is 13.1. The number of ether oxygens (including phenoxy) is 1. The molecule has 2 atom stereocenters. The molecule has 1 aliphatic heterocycles. The molecule has 0 aliphatic carbocycles. The molecule has 0 bridgehead atoms. The highest BCUT2D eigenvalue weighted by atomic mass is 32.2. The van der Waals surface area contributed by atoms with Gasteiger partial charge in [0.25, 0.3) is 0 Å². The van der Waals surface area contributed by atoms with Crippen molar-refractivity contribution in [2.75, 3.05) is 0 Å². The van der Waals surface area contributed by atoms with Gasteiger partial charge in [0.1, 0.15) is 6.10 Å². The minimum atomic E-state index is -3.33. The van der Waals surface area contributed by atoms with Crippen molar-refractivity contribution in [1.82, 2.24) is 0 Å². The van der Waals surface area contributed by atoms with Crippen LogP contribution in [0, 0.1) is 0 Å². The van der Waals surface area contributed by atoms with Crippen LogP contribution in [-0.4, -0.2) is 26.3 Å². The van der Waals surface area contributed by atoms with Crippen LogP contribution in [0.15, 0.2) is 35.3 Å². The summed E-state index contributed by atoms with van der Waals surface area (Å²) in [7, 11) is -3.33. The Bertz CT molecular complexity index is 569. The van der Waals surface area contributed by atoms with Crippen molar-refractivity contribution in [3.63, 3.8) is 0 Å². The number of rotatable bonds is 9. The summed E-state index contributed by atoms with van der Waals surface area (Å²) in [6, 6.07) is 9.24. The van der Waals surface area contributed by atoms with Crippen LogP contribution in [-0.2, 0) is 20.3 Å². The molecule has 1 aliphatic rings. The molecule has 22 heavy (non-hydrogen) atoms. The molecule has 0 saturated carbocycles. The van der Waals surface area contributed by atoms with E-state index in [4.69, 9.17) is 4.74 Å². The monoisotopic (exact) mass is 323 g/mol. The van der Waals surface area contributed by atoms with E-state index in [0.29, 0.717) is 0 Å². The molecule has 1 aromatic rings. The van der Waals surface area contributed by atoms with Gasteiger partial charge in [0.15, 0.2) is 21.6 Å². The van der Waals surface area contributed by atoms with Crippen LogP contribution < -0.4 is 0 Å². The summed E-state index contributed by atoms with van der Waals surface area (Å²) < 4.78 is 30.5. The lowest BCUT2D eigenvalue weighted by Gasteiger charge is -2.17. The van der Waals surface area contributed by atoms with Gasteiger partial charge in [-0.2, -0.15) is 0 Å². The van der Waals surface area contributed by atoms with Crippen LogP contribution in [0.2, 0.25) is 0 Å². The fraction of sp³-hybridized carbons (Fsp3) is 0.588. The Kier molecular flexibility index (Phi) is 6.43. The first kappa shape index (κ1) is 17.0. The lowest BCUT2D eigenvalue weighted by Crippen LogP contribution is -2.31. The van der Waals surface area contributed by atoms with E-state index in [2.05, 4.69) is 11.9 Å². The second-order valence-corrected chi connectivity index (χ2v) is 7.91. The van der Waals surface area contributed by atoms with Gasteiger partial charge < -0.3 is 4.74 Å². The van der Waals surface area contributed by atoms with E-state index < -0.39 is 15.2 Å². The van der Waals surface area contributed by atoms with Gasteiger partial charge >= 0.3 is 0 Å². The Labute approximate surface area is 133 Å². The van der Waals surface area contributed by atoms with Gasteiger partial charge in [0.2, 0.25) is 0 Å². The third kappa shape index (κ3) is 4.83. The van der Waals surface area contributed by atoms with E-state index in [1.807, 2.05) is 30.3 Å². The number of unbranched alkanes of at least 4 members (excludes halogenated alkanes) is 4. The number of aliphatic imine (C=N–C) groups is 1. The summed E-state index contributed by atoms with van der Waals surface area (Å²) in [5.41, 5.74) is 0.797. The van der Waals surface area contributed by atoms with Crippen LogP contribution in [0.1, 0.15) is 51.0 Å². The maximum absolute atomic E-state index is 12.6. The third-order valence-corrected chi connectivity index (χ3v) is 5.83. The van der Waals surface area contributed by atoms with E-state index in [1.54, 1.807) is 0 Å². The smallest absolute Gasteiger partial charge is 0.191 e. The summed E-state index contributed by atoms with van der Waals surface area (Å²) in [4.78, 5) is 4.06. The van der Waals surface area contributed by atoms with Crippen LogP contribution >= 0.6 is 0 Å². The molecule has 2 rings (SSSR count). The number of nitrogens with zero attached hydrogens (tertiary/aromatic N) is 1. The lowest BCUT2D eigenvalue weighted by molar-refractivity contribution is 0.205. The summed E-state index contributed by atoms with van der Waals surface area (Å²) in [5, 5.41) is -0.751. The van der Waals surface area contributed by atoms with Crippen LogP contribution in [0.25, 0.3) is 0 Å². The predicted molar refractivity (Wildman–Crippen MR) is 89.6 cm³/mol. The summed E-state index contributed by atoms with van der Waals surface area (Å²) in [6.45, 7) is 2.18. The topological polar surface area (TPSA) is 55.7 Å². The molecule has 0 saturated heterocycles. The molecule has 122 valence electrons. The van der Waals surface area contributed by atoms with Gasteiger partial charge in [0, 0.05) is 0 Å². The lowest BCUT2D eigenvalue weighted by atomic mass is 10.1. The van der Waals surface area contributed by atoms with Gasteiger partial charge in [0.05, 0.1) is 5.75 Å². The normalized spacial score (nSPS) is 21.0. The van der Waals surface area contributed by atoms with Gasteiger partial charge in [-0.25, -0.2) is 13.4 Å². The van der Waals surface area contributed by atoms with Gasteiger partial charge in [-0.15, -0.1) is 0 Å². The van der Waals surface area contributed by atoms with Crippen LogP contribution in [0.4, 0.5) is 0 Å². The Balaban J connectivity index is 1.89. The zero-order valence-corrected chi connectivity index (χ0v) is 14.0. The van der Waals surface area contributed by atoms with E-state index >= 15 is 0 Å². The van der Waals surface area contributed by atoms with E-state index in [-0.39, 0.29) is 11.9 Å². The molecule has 0 spiro atoms. The van der Waals surface area contributed by atoms with E-state index in [9.17, 15) is 8.42 Å². The molecule has 5 heteroatoms. The number of sulfone groups is 1. The molecule has 0 N–H and O–H groups in total. The molecule has 4 nitrogen and oxygen atoms in total. The highest BCUT2D eigenvalue weighted by Crippen LogP contribution is 2.24. The Morgan fingerprint density at radius 1 is 1.09 bits per heavy atom. The van der Waals surface area contributed by atoms with E-state index in [1.165, 1.54) is 25.7 Å². The van der Waals surface area contributed by atoms with Gasteiger partial charge in [-0.05, 0) is 18.4 Å². The maximum atomic E-state index is 12.6. The van der Waals surface area contributed by atoms with Crippen molar-refractivity contribution >= 4 is 16.2 Å². The van der Waals surface area contributed by atoms with Crippen molar-refractivity contribution in [3.05, 3.63) is 35.9 Å². The molecule has 0 aromatic heterocycles. The molecular weight excluding hydrogens is 298 g/mol. The Morgan fingerprint density at radius 3 is 2.55 bits per heavy atom.